The van der Waals surface area contributed by atoms with Crippen LogP contribution in [0.4, 0.5) is 5.82 Å². The van der Waals surface area contributed by atoms with Gasteiger partial charge in [0.25, 0.3) is 0 Å². The number of carbonyl (C=O) groups is 1. The number of aliphatic hydroxyl groups excluding tert-OH is 2. The van der Waals surface area contributed by atoms with Crippen LogP contribution in [0.25, 0.3) is 0 Å². The van der Waals surface area contributed by atoms with Crippen LogP contribution in [0.5, 0.6) is 0 Å². The van der Waals surface area contributed by atoms with Gasteiger partial charge in [-0.3, -0.25) is 4.79 Å². The van der Waals surface area contributed by atoms with Crippen molar-refractivity contribution in [1.82, 2.24) is 15.0 Å². The van der Waals surface area contributed by atoms with Gasteiger partial charge in [0.05, 0.1) is 19.3 Å². The minimum absolute atomic E-state index is 0.252. The first-order valence-corrected chi connectivity index (χ1v) is 6.35. The van der Waals surface area contributed by atoms with Crippen molar-refractivity contribution in [3.63, 3.8) is 0 Å². The highest BCUT2D eigenvalue weighted by atomic mass is 32.2. The number of nitrogens with two attached hydrogens (primary N) is 1. The maximum Gasteiger partial charge on any atom is 0.319 e. The van der Waals surface area contributed by atoms with E-state index < -0.39 is 39.3 Å². The first-order chi connectivity index (χ1) is 8.27. The molecule has 1 rings (SSSR count). The molecule has 0 aliphatic heterocycles. The highest BCUT2D eigenvalue weighted by molar-refractivity contribution is 7.92. The molecule has 5 N–H and O–H groups in total. The van der Waals surface area contributed by atoms with Crippen molar-refractivity contribution in [3.8, 4) is 0 Å². The van der Waals surface area contributed by atoms with E-state index >= 15 is 0 Å². The normalized spacial score (nSPS) is 13.4. The molecular formula is C7H12N4O6S. The van der Waals surface area contributed by atoms with E-state index in [9.17, 15) is 13.2 Å². The van der Waals surface area contributed by atoms with Gasteiger partial charge in [-0.2, -0.15) is 0 Å². The number of hydrogen-bond donors (Lipinski definition) is 4. The Morgan fingerprint density at radius 2 is 2.11 bits per heavy atom. The van der Waals surface area contributed by atoms with Crippen molar-refractivity contribution in [2.45, 2.75) is 17.7 Å². The van der Waals surface area contributed by atoms with Crippen LogP contribution in [0.1, 0.15) is 0 Å². The molecule has 0 saturated carbocycles. The fourth-order valence-corrected chi connectivity index (χ4v) is 2.20. The fraction of sp³-hybridized carbons (Fsp3) is 0.571. The number of nitrogens with zero attached hydrogens (tertiary/aromatic N) is 3. The monoisotopic (exact) mass is 280 g/mol. The van der Waals surface area contributed by atoms with E-state index in [0.717, 1.165) is 4.68 Å². The zero-order valence-electron chi connectivity index (χ0n) is 9.09. The Bertz CT molecular complexity index is 538. The zero-order valence-corrected chi connectivity index (χ0v) is 9.91. The second kappa shape index (κ2) is 5.29. The molecule has 18 heavy (non-hydrogen) atoms. The summed E-state index contributed by atoms with van der Waals surface area (Å²) >= 11 is 0. The molecule has 0 bridgehead atoms. The smallest absolute Gasteiger partial charge is 0.319 e. The number of aliphatic carboxylic acids is 1. The van der Waals surface area contributed by atoms with Crippen molar-refractivity contribution >= 4 is 21.6 Å². The minimum Gasteiger partial charge on any atom is -0.480 e. The van der Waals surface area contributed by atoms with E-state index in [-0.39, 0.29) is 12.4 Å². The van der Waals surface area contributed by atoms with Crippen LogP contribution in [0.15, 0.2) is 5.03 Å². The molecule has 1 unspecified atom stereocenters. The molecule has 0 radical (unpaired) electrons. The molecule has 1 heterocycles. The van der Waals surface area contributed by atoms with Gasteiger partial charge < -0.3 is 21.1 Å². The number of carboxylic acid groups (broad SMARTS) is 1. The van der Waals surface area contributed by atoms with E-state index in [1.54, 1.807) is 0 Å². The topological polar surface area (TPSA) is 169 Å². The van der Waals surface area contributed by atoms with Gasteiger partial charge in [-0.1, -0.05) is 5.21 Å². The Morgan fingerprint density at radius 3 is 2.61 bits per heavy atom. The Balaban J connectivity index is 3.03. The third kappa shape index (κ3) is 3.15. The standard InChI is InChI=1S/C7H12N4O6S/c8-6-7(18(16,17)3-5(14)15)9-10-11(6)1-4(13)2-12/h4,12-13H,1-3,8H2,(H,14,15). The Morgan fingerprint density at radius 1 is 1.50 bits per heavy atom. The lowest BCUT2D eigenvalue weighted by molar-refractivity contribution is -0.134. The van der Waals surface area contributed by atoms with Crippen LogP contribution in [-0.4, -0.2) is 63.2 Å². The number of carboxylic acids is 1. The molecule has 10 nitrogen and oxygen atoms in total. The molecule has 0 aliphatic carbocycles. The molecule has 102 valence electrons. The number of aromatic nitrogens is 3. The van der Waals surface area contributed by atoms with Crippen LogP contribution in [-0.2, 0) is 21.2 Å². The number of aliphatic hydroxyl groups is 2. The first kappa shape index (κ1) is 14.3. The third-order valence-electron chi connectivity index (χ3n) is 1.94. The Kier molecular flexibility index (Phi) is 4.21. The molecule has 1 aromatic rings. The van der Waals surface area contributed by atoms with Crippen molar-refractivity contribution in [2.24, 2.45) is 0 Å². The van der Waals surface area contributed by atoms with Crippen LogP contribution in [0, 0.1) is 0 Å². The predicted octanol–water partition coefficient (Wildman–Crippen LogP) is -2.93. The minimum atomic E-state index is -4.18. The molecular weight excluding hydrogens is 268 g/mol. The summed E-state index contributed by atoms with van der Waals surface area (Å²) in [4.78, 5) is 10.4. The summed E-state index contributed by atoms with van der Waals surface area (Å²) in [5.41, 5.74) is 5.44. The van der Waals surface area contributed by atoms with E-state index in [4.69, 9.17) is 21.1 Å². The van der Waals surface area contributed by atoms with Crippen LogP contribution < -0.4 is 5.73 Å². The van der Waals surface area contributed by atoms with E-state index in [2.05, 4.69) is 10.3 Å². The molecule has 0 aromatic carbocycles. The predicted molar refractivity (Wildman–Crippen MR) is 57.2 cm³/mol. The molecule has 0 amide bonds. The number of rotatable bonds is 6. The van der Waals surface area contributed by atoms with E-state index in [1.807, 2.05) is 0 Å². The van der Waals surface area contributed by atoms with Crippen molar-refractivity contribution < 1.29 is 28.5 Å². The number of hydrogen-bond acceptors (Lipinski definition) is 8. The van der Waals surface area contributed by atoms with Gasteiger partial charge in [0.15, 0.2) is 11.6 Å². The number of anilines is 1. The fourth-order valence-electron chi connectivity index (χ4n) is 1.15. The van der Waals surface area contributed by atoms with Crippen molar-refractivity contribution in [1.29, 1.82) is 0 Å². The Hall–Kier alpha value is -1.72. The van der Waals surface area contributed by atoms with Gasteiger partial charge in [-0.05, 0) is 0 Å². The number of nitrogen functional groups attached to an aromatic ring is 1. The first-order valence-electron chi connectivity index (χ1n) is 4.70. The molecule has 0 fully saturated rings. The van der Waals surface area contributed by atoms with Gasteiger partial charge >= 0.3 is 5.97 Å². The summed E-state index contributed by atoms with van der Waals surface area (Å²) in [5, 5.41) is 32.2. The van der Waals surface area contributed by atoms with Crippen molar-refractivity contribution in [3.05, 3.63) is 0 Å². The molecule has 11 heteroatoms. The maximum absolute atomic E-state index is 11.5. The quantitative estimate of drug-likeness (QED) is 0.426. The number of sulfone groups is 1. The highest BCUT2D eigenvalue weighted by Gasteiger charge is 2.27. The largest absolute Gasteiger partial charge is 0.480 e. The van der Waals surface area contributed by atoms with Gasteiger partial charge in [0, 0.05) is 0 Å². The lowest BCUT2D eigenvalue weighted by atomic mass is 10.4. The van der Waals surface area contributed by atoms with Crippen LogP contribution in [0.3, 0.4) is 0 Å². The molecule has 1 aromatic heterocycles. The molecule has 1 atom stereocenters. The second-order valence-electron chi connectivity index (χ2n) is 3.45. The molecule has 0 saturated heterocycles. The van der Waals surface area contributed by atoms with E-state index in [1.165, 1.54) is 0 Å². The van der Waals surface area contributed by atoms with E-state index in [0.29, 0.717) is 0 Å². The van der Waals surface area contributed by atoms with Gasteiger partial charge in [-0.15, -0.1) is 5.10 Å². The average Bonchev–Trinajstić information content (AvgIpc) is 2.59. The summed E-state index contributed by atoms with van der Waals surface area (Å²) in [5.74, 6) is -3.08. The zero-order chi connectivity index (χ0) is 13.9. The SMILES string of the molecule is Nc1c(S(=O)(=O)CC(=O)O)nnn1CC(O)CO. The average molecular weight is 280 g/mol. The lowest BCUT2D eigenvalue weighted by Gasteiger charge is -2.07. The van der Waals surface area contributed by atoms with Gasteiger partial charge in [0.1, 0.15) is 0 Å². The van der Waals surface area contributed by atoms with Crippen LogP contribution in [0.2, 0.25) is 0 Å². The summed E-state index contributed by atoms with van der Waals surface area (Å²) in [6.07, 6.45) is -1.18. The maximum atomic E-state index is 11.5. The summed E-state index contributed by atoms with van der Waals surface area (Å²) < 4.78 is 24.0. The highest BCUT2D eigenvalue weighted by Crippen LogP contribution is 2.16. The summed E-state index contributed by atoms with van der Waals surface area (Å²) in [6, 6.07) is 0. The van der Waals surface area contributed by atoms with Crippen molar-refractivity contribution in [2.75, 3.05) is 18.1 Å². The third-order valence-corrected chi connectivity index (χ3v) is 3.45. The van der Waals surface area contributed by atoms with Gasteiger partial charge in [-0.25, -0.2) is 13.1 Å². The van der Waals surface area contributed by atoms with Crippen LogP contribution >= 0.6 is 0 Å². The lowest BCUT2D eigenvalue weighted by Crippen LogP contribution is -2.22. The molecule has 0 spiro atoms. The molecule has 0 aliphatic rings. The summed E-state index contributed by atoms with van der Waals surface area (Å²) in [6.45, 7) is -0.811. The second-order valence-corrected chi connectivity index (χ2v) is 5.36. The summed E-state index contributed by atoms with van der Waals surface area (Å²) in [7, 11) is -4.18. The Labute approximate surface area is 102 Å². The van der Waals surface area contributed by atoms with Gasteiger partial charge in [0.2, 0.25) is 14.9 Å².